The van der Waals surface area contributed by atoms with Gasteiger partial charge in [0.15, 0.2) is 0 Å². The van der Waals surface area contributed by atoms with Gasteiger partial charge in [-0.25, -0.2) is 19.6 Å². The number of carboxylic acids is 1. The number of ether oxygens (including phenoxy) is 2. The molecule has 0 spiro atoms. The number of rotatable bonds is 6. The number of hydrazine groups is 1. The molecule has 1 aliphatic heterocycles. The van der Waals surface area contributed by atoms with Gasteiger partial charge in [-0.05, 0) is 11.1 Å². The molecule has 8 heteroatoms. The summed E-state index contributed by atoms with van der Waals surface area (Å²) in [4.78, 5) is 36.7. The number of aliphatic carboxylic acids is 1. The molecule has 2 aromatic carbocycles. The van der Waals surface area contributed by atoms with E-state index in [1.54, 1.807) is 24.3 Å². The van der Waals surface area contributed by atoms with Crippen LogP contribution in [0.5, 0.6) is 0 Å². The summed E-state index contributed by atoms with van der Waals surface area (Å²) in [6.45, 7) is 0.0765. The van der Waals surface area contributed by atoms with E-state index in [1.165, 1.54) is 0 Å². The van der Waals surface area contributed by atoms with E-state index >= 15 is 0 Å². The Kier molecular flexibility index (Phi) is 7.05. The van der Waals surface area contributed by atoms with Crippen molar-refractivity contribution in [2.45, 2.75) is 25.7 Å². The van der Waals surface area contributed by atoms with Crippen molar-refractivity contribution in [3.8, 4) is 0 Å². The summed E-state index contributed by atoms with van der Waals surface area (Å²) in [6.07, 6.45) is 1.22. The highest BCUT2D eigenvalue weighted by Gasteiger charge is 2.36. The number of hydrogen-bond acceptors (Lipinski definition) is 5. The molecule has 2 aromatic rings. The molecule has 1 heterocycles. The maximum Gasteiger partial charge on any atom is 0.429 e. The predicted octanol–water partition coefficient (Wildman–Crippen LogP) is 3.59. The van der Waals surface area contributed by atoms with Crippen LogP contribution in [0.2, 0.25) is 0 Å². The minimum absolute atomic E-state index is 0.00736. The van der Waals surface area contributed by atoms with Crippen LogP contribution in [0.15, 0.2) is 72.8 Å². The Morgan fingerprint density at radius 2 is 1.40 bits per heavy atom. The smallest absolute Gasteiger partial charge is 0.429 e. The number of carbonyl (C=O) groups is 3. The van der Waals surface area contributed by atoms with Gasteiger partial charge < -0.3 is 14.6 Å². The van der Waals surface area contributed by atoms with Gasteiger partial charge in [0.1, 0.15) is 13.2 Å². The molecule has 156 valence electrons. The summed E-state index contributed by atoms with van der Waals surface area (Å²) < 4.78 is 10.7. The minimum Gasteiger partial charge on any atom is -0.481 e. The number of carboxylic acid groups (broad SMARTS) is 1. The number of amides is 2. The largest absolute Gasteiger partial charge is 0.481 e. The first kappa shape index (κ1) is 20.9. The summed E-state index contributed by atoms with van der Waals surface area (Å²) in [5.74, 6) is -1.11. The first-order valence-electron chi connectivity index (χ1n) is 9.41. The van der Waals surface area contributed by atoms with Crippen molar-refractivity contribution in [1.82, 2.24) is 10.0 Å². The van der Waals surface area contributed by atoms with Crippen LogP contribution in [0.25, 0.3) is 0 Å². The van der Waals surface area contributed by atoms with Gasteiger partial charge in [0.2, 0.25) is 0 Å². The molecule has 0 radical (unpaired) electrons. The van der Waals surface area contributed by atoms with Crippen LogP contribution < -0.4 is 0 Å². The van der Waals surface area contributed by atoms with Gasteiger partial charge in [0.25, 0.3) is 0 Å². The average Bonchev–Trinajstić information content (AvgIpc) is 2.76. The van der Waals surface area contributed by atoms with Crippen LogP contribution >= 0.6 is 0 Å². The zero-order chi connectivity index (χ0) is 21.3. The van der Waals surface area contributed by atoms with Gasteiger partial charge in [-0.15, -0.1) is 0 Å². The molecule has 1 unspecified atom stereocenters. The first-order valence-corrected chi connectivity index (χ1v) is 9.41. The Bertz CT molecular complexity index is 900. The molecule has 1 N–H and O–H groups in total. The molecule has 0 bridgehead atoms. The normalized spacial score (nSPS) is 15.5. The summed E-state index contributed by atoms with van der Waals surface area (Å²) in [6, 6.07) is 17.3. The van der Waals surface area contributed by atoms with E-state index in [4.69, 9.17) is 9.47 Å². The summed E-state index contributed by atoms with van der Waals surface area (Å²) in [5.41, 5.74) is 1.56. The highest BCUT2D eigenvalue weighted by atomic mass is 16.6. The van der Waals surface area contributed by atoms with Crippen LogP contribution in [0.3, 0.4) is 0 Å². The zero-order valence-electron chi connectivity index (χ0n) is 16.2. The standard InChI is InChI=1S/C22H22N2O6/c25-20(26)14-19-12-7-13-23(21(27)29-15-17-8-3-1-4-9-17)24(19)22(28)30-16-18-10-5-2-6-11-18/h1-12,19H,13-16H2,(H,25,26). The monoisotopic (exact) mass is 410 g/mol. The fourth-order valence-electron chi connectivity index (χ4n) is 2.98. The second kappa shape index (κ2) is 10.1. The minimum atomic E-state index is -1.11. The Hall–Kier alpha value is -3.81. The SMILES string of the molecule is O=C(O)CC1C=CCN(C(=O)OCc2ccccc2)N1C(=O)OCc1ccccc1. The number of nitrogens with zero attached hydrogens (tertiary/aromatic N) is 2. The Labute approximate surface area is 173 Å². The lowest BCUT2D eigenvalue weighted by molar-refractivity contribution is -0.139. The third-order valence-electron chi connectivity index (χ3n) is 4.40. The van der Waals surface area contributed by atoms with Gasteiger partial charge >= 0.3 is 18.2 Å². The van der Waals surface area contributed by atoms with Crippen LogP contribution in [0, 0.1) is 0 Å². The van der Waals surface area contributed by atoms with Crippen molar-refractivity contribution in [3.63, 3.8) is 0 Å². The molecular formula is C22H22N2O6. The van der Waals surface area contributed by atoms with Crippen molar-refractivity contribution < 1.29 is 29.0 Å². The topological polar surface area (TPSA) is 96.4 Å². The summed E-state index contributed by atoms with van der Waals surface area (Å²) >= 11 is 0. The van der Waals surface area contributed by atoms with Gasteiger partial charge in [-0.2, -0.15) is 0 Å². The fraction of sp³-hybridized carbons (Fsp3) is 0.227. The lowest BCUT2D eigenvalue weighted by Crippen LogP contribution is -2.56. The highest BCUT2D eigenvalue weighted by molar-refractivity contribution is 5.77. The molecule has 1 atom stereocenters. The van der Waals surface area contributed by atoms with Gasteiger partial charge in [-0.3, -0.25) is 4.79 Å². The summed E-state index contributed by atoms with van der Waals surface area (Å²) in [7, 11) is 0. The average molecular weight is 410 g/mol. The Morgan fingerprint density at radius 3 is 1.93 bits per heavy atom. The van der Waals surface area contributed by atoms with Crippen molar-refractivity contribution in [3.05, 3.63) is 83.9 Å². The van der Waals surface area contributed by atoms with Crippen molar-refractivity contribution in [2.75, 3.05) is 6.54 Å². The molecule has 8 nitrogen and oxygen atoms in total. The van der Waals surface area contributed by atoms with Crippen molar-refractivity contribution in [2.24, 2.45) is 0 Å². The number of hydrogen-bond donors (Lipinski definition) is 1. The highest BCUT2D eigenvalue weighted by Crippen LogP contribution is 2.19. The maximum absolute atomic E-state index is 12.8. The van der Waals surface area contributed by atoms with Gasteiger partial charge in [0.05, 0.1) is 19.0 Å². The molecule has 0 saturated carbocycles. The molecule has 0 fully saturated rings. The van der Waals surface area contributed by atoms with E-state index in [2.05, 4.69) is 0 Å². The Balaban J connectivity index is 1.71. The van der Waals surface area contributed by atoms with E-state index in [0.29, 0.717) is 0 Å². The van der Waals surface area contributed by atoms with Crippen LogP contribution in [0.4, 0.5) is 9.59 Å². The van der Waals surface area contributed by atoms with E-state index < -0.39 is 24.2 Å². The zero-order valence-corrected chi connectivity index (χ0v) is 16.2. The second-order valence-corrected chi connectivity index (χ2v) is 6.60. The maximum atomic E-state index is 12.8. The lowest BCUT2D eigenvalue weighted by atomic mass is 10.1. The van der Waals surface area contributed by atoms with E-state index in [1.807, 2.05) is 48.5 Å². The molecule has 0 saturated heterocycles. The van der Waals surface area contributed by atoms with E-state index in [9.17, 15) is 19.5 Å². The van der Waals surface area contributed by atoms with E-state index in [-0.39, 0.29) is 26.2 Å². The van der Waals surface area contributed by atoms with Gasteiger partial charge in [-0.1, -0.05) is 72.8 Å². The third-order valence-corrected chi connectivity index (χ3v) is 4.40. The molecule has 30 heavy (non-hydrogen) atoms. The molecule has 0 aromatic heterocycles. The lowest BCUT2D eigenvalue weighted by Gasteiger charge is -2.39. The summed E-state index contributed by atoms with van der Waals surface area (Å²) in [5, 5.41) is 11.3. The van der Waals surface area contributed by atoms with Crippen molar-refractivity contribution >= 4 is 18.2 Å². The van der Waals surface area contributed by atoms with Crippen LogP contribution in [-0.4, -0.2) is 45.9 Å². The number of carbonyl (C=O) groups excluding carboxylic acids is 2. The van der Waals surface area contributed by atoms with Gasteiger partial charge in [0, 0.05) is 0 Å². The number of benzene rings is 2. The fourth-order valence-corrected chi connectivity index (χ4v) is 2.98. The van der Waals surface area contributed by atoms with Crippen LogP contribution in [-0.2, 0) is 27.5 Å². The third kappa shape index (κ3) is 5.60. The molecule has 3 rings (SSSR count). The predicted molar refractivity (Wildman–Crippen MR) is 107 cm³/mol. The molecule has 0 aliphatic carbocycles. The van der Waals surface area contributed by atoms with Crippen LogP contribution in [0.1, 0.15) is 17.5 Å². The molecular weight excluding hydrogens is 388 g/mol. The quantitative estimate of drug-likeness (QED) is 0.731. The van der Waals surface area contributed by atoms with Crippen molar-refractivity contribution in [1.29, 1.82) is 0 Å². The molecule has 2 amide bonds. The van der Waals surface area contributed by atoms with E-state index in [0.717, 1.165) is 21.1 Å². The Morgan fingerprint density at radius 1 is 0.867 bits per heavy atom. The first-order chi connectivity index (χ1) is 14.5. The second-order valence-electron chi connectivity index (χ2n) is 6.60. The molecule has 1 aliphatic rings.